The second kappa shape index (κ2) is 4.61. The highest BCUT2D eigenvalue weighted by atomic mass is 16.1. The fourth-order valence-electron chi connectivity index (χ4n) is 2.36. The van der Waals surface area contributed by atoms with E-state index in [0.717, 1.165) is 24.3 Å². The van der Waals surface area contributed by atoms with Gasteiger partial charge in [-0.25, -0.2) is 0 Å². The molecule has 0 radical (unpaired) electrons. The molecule has 0 N–H and O–H groups in total. The topological polar surface area (TPSA) is 17.1 Å². The number of rotatable bonds is 2. The molecule has 0 aliphatic heterocycles. The van der Waals surface area contributed by atoms with Gasteiger partial charge < -0.3 is 0 Å². The van der Waals surface area contributed by atoms with Crippen LogP contribution in [0.5, 0.6) is 0 Å². The van der Waals surface area contributed by atoms with E-state index >= 15 is 0 Å². The largest absolute Gasteiger partial charge is 0.294 e. The van der Waals surface area contributed by atoms with Crippen LogP contribution in [-0.2, 0) is 0 Å². The minimum Gasteiger partial charge on any atom is -0.294 e. The summed E-state index contributed by atoms with van der Waals surface area (Å²) in [5, 5.41) is 0. The number of ketones is 1. The molecule has 1 saturated carbocycles. The average molecular weight is 202 g/mol. The van der Waals surface area contributed by atoms with Gasteiger partial charge >= 0.3 is 0 Å². The molecule has 1 nitrogen and oxygen atoms in total. The van der Waals surface area contributed by atoms with Crippen LogP contribution in [0.2, 0.25) is 0 Å². The maximum Gasteiger partial charge on any atom is 0.165 e. The number of benzene rings is 1. The quantitative estimate of drug-likeness (QED) is 0.668. The SMILES string of the molecule is C[C@H]1CC[C@H](C(=O)c2ccccc2)CC1. The van der Waals surface area contributed by atoms with Crippen molar-refractivity contribution in [3.05, 3.63) is 35.9 Å². The molecular weight excluding hydrogens is 184 g/mol. The Bertz CT molecular complexity index is 320. The van der Waals surface area contributed by atoms with Gasteiger partial charge in [-0.15, -0.1) is 0 Å². The van der Waals surface area contributed by atoms with Crippen LogP contribution in [0.15, 0.2) is 30.3 Å². The smallest absolute Gasteiger partial charge is 0.165 e. The Hall–Kier alpha value is -1.11. The third kappa shape index (κ3) is 2.47. The first-order chi connectivity index (χ1) is 7.27. The van der Waals surface area contributed by atoms with Gasteiger partial charge in [0.25, 0.3) is 0 Å². The van der Waals surface area contributed by atoms with Crippen molar-refractivity contribution in [3.8, 4) is 0 Å². The Morgan fingerprint density at radius 3 is 2.27 bits per heavy atom. The van der Waals surface area contributed by atoms with Crippen LogP contribution in [0, 0.1) is 11.8 Å². The molecule has 0 spiro atoms. The van der Waals surface area contributed by atoms with Crippen molar-refractivity contribution >= 4 is 5.78 Å². The molecule has 0 saturated heterocycles. The second-order valence-electron chi connectivity index (χ2n) is 4.69. The van der Waals surface area contributed by atoms with Crippen molar-refractivity contribution < 1.29 is 4.79 Å². The summed E-state index contributed by atoms with van der Waals surface area (Å²) in [5.41, 5.74) is 0.886. The van der Waals surface area contributed by atoms with Gasteiger partial charge in [-0.3, -0.25) is 4.79 Å². The third-order valence-corrected chi connectivity index (χ3v) is 3.44. The summed E-state index contributed by atoms with van der Waals surface area (Å²) in [6.07, 6.45) is 4.58. The monoisotopic (exact) mass is 202 g/mol. The highest BCUT2D eigenvalue weighted by Crippen LogP contribution is 2.30. The summed E-state index contributed by atoms with van der Waals surface area (Å²) >= 11 is 0. The van der Waals surface area contributed by atoms with Crippen LogP contribution in [0.4, 0.5) is 0 Å². The molecule has 1 aliphatic carbocycles. The molecule has 0 unspecified atom stereocenters. The maximum absolute atomic E-state index is 12.1. The summed E-state index contributed by atoms with van der Waals surface area (Å²) in [5.74, 6) is 1.44. The van der Waals surface area contributed by atoms with Gasteiger partial charge in [0.15, 0.2) is 5.78 Å². The van der Waals surface area contributed by atoms with E-state index in [-0.39, 0.29) is 5.92 Å². The molecular formula is C14H18O. The fourth-order valence-corrected chi connectivity index (χ4v) is 2.36. The molecule has 0 atom stereocenters. The van der Waals surface area contributed by atoms with Gasteiger partial charge in [0.05, 0.1) is 0 Å². The Morgan fingerprint density at radius 2 is 1.67 bits per heavy atom. The Morgan fingerprint density at radius 1 is 1.07 bits per heavy atom. The maximum atomic E-state index is 12.1. The first-order valence-corrected chi connectivity index (χ1v) is 5.86. The summed E-state index contributed by atoms with van der Waals surface area (Å²) in [4.78, 5) is 12.1. The van der Waals surface area contributed by atoms with E-state index in [0.29, 0.717) is 5.78 Å². The molecule has 0 aromatic heterocycles. The third-order valence-electron chi connectivity index (χ3n) is 3.44. The van der Waals surface area contributed by atoms with Crippen LogP contribution < -0.4 is 0 Å². The van der Waals surface area contributed by atoms with Gasteiger partial charge in [-0.2, -0.15) is 0 Å². The van der Waals surface area contributed by atoms with E-state index in [4.69, 9.17) is 0 Å². The Kier molecular flexibility index (Phi) is 3.20. The zero-order valence-corrected chi connectivity index (χ0v) is 9.28. The number of carbonyl (C=O) groups excluding carboxylic acids is 1. The van der Waals surface area contributed by atoms with E-state index in [9.17, 15) is 4.79 Å². The minimum atomic E-state index is 0.281. The van der Waals surface area contributed by atoms with Crippen molar-refractivity contribution in [2.75, 3.05) is 0 Å². The average Bonchev–Trinajstić information content (AvgIpc) is 2.30. The number of hydrogen-bond donors (Lipinski definition) is 0. The highest BCUT2D eigenvalue weighted by Gasteiger charge is 2.24. The molecule has 0 heterocycles. The Labute approximate surface area is 91.5 Å². The highest BCUT2D eigenvalue weighted by molar-refractivity contribution is 5.97. The zero-order chi connectivity index (χ0) is 10.7. The molecule has 1 aliphatic rings. The predicted octanol–water partition coefficient (Wildman–Crippen LogP) is 3.70. The lowest BCUT2D eigenvalue weighted by atomic mass is 9.79. The molecule has 15 heavy (non-hydrogen) atoms. The van der Waals surface area contributed by atoms with Gasteiger partial charge in [0.2, 0.25) is 0 Å². The van der Waals surface area contributed by atoms with Crippen molar-refractivity contribution in [2.24, 2.45) is 11.8 Å². The summed E-state index contributed by atoms with van der Waals surface area (Å²) in [6.45, 7) is 2.28. The normalized spacial score (nSPS) is 26.2. The minimum absolute atomic E-state index is 0.281. The number of Topliss-reactive ketones (excluding diaryl/α,β-unsaturated/α-hetero) is 1. The van der Waals surface area contributed by atoms with Gasteiger partial charge in [0.1, 0.15) is 0 Å². The number of hydrogen-bond acceptors (Lipinski definition) is 1. The van der Waals surface area contributed by atoms with Gasteiger partial charge in [-0.1, -0.05) is 50.1 Å². The fraction of sp³-hybridized carbons (Fsp3) is 0.500. The summed E-state index contributed by atoms with van der Waals surface area (Å²) < 4.78 is 0. The van der Waals surface area contributed by atoms with Gasteiger partial charge in [-0.05, 0) is 18.8 Å². The standard InChI is InChI=1S/C14H18O/c1-11-7-9-13(10-8-11)14(15)12-5-3-2-4-6-12/h2-6,11,13H,7-10H2,1H3/t11-,13-. The number of carbonyl (C=O) groups is 1. The van der Waals surface area contributed by atoms with E-state index < -0.39 is 0 Å². The van der Waals surface area contributed by atoms with Crippen LogP contribution in [0.1, 0.15) is 43.0 Å². The van der Waals surface area contributed by atoms with Crippen LogP contribution >= 0.6 is 0 Å². The molecule has 80 valence electrons. The summed E-state index contributed by atoms with van der Waals surface area (Å²) in [7, 11) is 0. The molecule has 0 amide bonds. The van der Waals surface area contributed by atoms with Crippen LogP contribution in [0.25, 0.3) is 0 Å². The second-order valence-corrected chi connectivity index (χ2v) is 4.69. The molecule has 1 fully saturated rings. The lowest BCUT2D eigenvalue weighted by Gasteiger charge is -2.24. The lowest BCUT2D eigenvalue weighted by Crippen LogP contribution is -2.20. The lowest BCUT2D eigenvalue weighted by molar-refractivity contribution is 0.0875. The molecule has 2 rings (SSSR count). The first-order valence-electron chi connectivity index (χ1n) is 5.86. The van der Waals surface area contributed by atoms with Crippen LogP contribution in [-0.4, -0.2) is 5.78 Å². The molecule has 0 bridgehead atoms. The molecule has 1 aromatic rings. The van der Waals surface area contributed by atoms with Gasteiger partial charge in [0, 0.05) is 11.5 Å². The first kappa shape index (κ1) is 10.4. The molecule has 1 heteroatoms. The Balaban J connectivity index is 2.03. The molecule has 1 aromatic carbocycles. The van der Waals surface area contributed by atoms with E-state index in [1.165, 1.54) is 12.8 Å². The van der Waals surface area contributed by atoms with E-state index in [1.807, 2.05) is 30.3 Å². The van der Waals surface area contributed by atoms with Crippen LogP contribution in [0.3, 0.4) is 0 Å². The summed E-state index contributed by atoms with van der Waals surface area (Å²) in [6, 6.07) is 9.71. The van der Waals surface area contributed by atoms with E-state index in [1.54, 1.807) is 0 Å². The zero-order valence-electron chi connectivity index (χ0n) is 9.28. The van der Waals surface area contributed by atoms with Crippen molar-refractivity contribution in [1.82, 2.24) is 0 Å². The van der Waals surface area contributed by atoms with Crippen molar-refractivity contribution in [2.45, 2.75) is 32.6 Å². The van der Waals surface area contributed by atoms with Crippen molar-refractivity contribution in [3.63, 3.8) is 0 Å². The van der Waals surface area contributed by atoms with Crippen molar-refractivity contribution in [1.29, 1.82) is 0 Å². The predicted molar refractivity (Wildman–Crippen MR) is 61.9 cm³/mol. The van der Waals surface area contributed by atoms with E-state index in [2.05, 4.69) is 6.92 Å².